The van der Waals surface area contributed by atoms with E-state index in [4.69, 9.17) is 10.5 Å². The van der Waals surface area contributed by atoms with Gasteiger partial charge in [0.25, 0.3) is 0 Å². The number of alkyl halides is 3. The van der Waals surface area contributed by atoms with E-state index in [1.165, 1.54) is 24.0 Å². The van der Waals surface area contributed by atoms with Crippen LogP contribution in [0.25, 0.3) is 0 Å². The highest BCUT2D eigenvalue weighted by Gasteiger charge is 2.43. The van der Waals surface area contributed by atoms with E-state index in [0.717, 1.165) is 12.1 Å². The summed E-state index contributed by atoms with van der Waals surface area (Å²) in [4.78, 5) is 37.3. The molecule has 3 N–H and O–H groups in total. The first-order valence-corrected chi connectivity index (χ1v) is 9.11. The van der Waals surface area contributed by atoms with Gasteiger partial charge in [-0.1, -0.05) is 19.9 Å². The molecule has 0 aliphatic carbocycles. The summed E-state index contributed by atoms with van der Waals surface area (Å²) in [6, 6.07) is 2.65. The number of esters is 1. The lowest BCUT2D eigenvalue weighted by Crippen LogP contribution is -2.51. The summed E-state index contributed by atoms with van der Waals surface area (Å²) >= 11 is 0. The predicted octanol–water partition coefficient (Wildman–Crippen LogP) is 2.16. The number of hydrogen-bond acceptors (Lipinski definition) is 5. The highest BCUT2D eigenvalue weighted by Crippen LogP contribution is 2.31. The fourth-order valence-electron chi connectivity index (χ4n) is 3.29. The second-order valence-electron chi connectivity index (χ2n) is 7.32. The number of nitrogens with one attached hydrogen (secondary N) is 1. The van der Waals surface area contributed by atoms with Crippen LogP contribution in [0, 0.1) is 5.92 Å². The molecule has 160 valence electrons. The number of carbonyl (C=O) groups excluding carboxylic acids is 3. The summed E-state index contributed by atoms with van der Waals surface area (Å²) in [6.45, 7) is 4.65. The molecule has 1 aromatic rings. The lowest BCUT2D eigenvalue weighted by molar-refractivity contribution is -0.146. The summed E-state index contributed by atoms with van der Waals surface area (Å²) in [5, 5.41) is 2.83. The van der Waals surface area contributed by atoms with E-state index in [-0.39, 0.29) is 24.6 Å². The first-order valence-electron chi connectivity index (χ1n) is 9.11. The van der Waals surface area contributed by atoms with Gasteiger partial charge in [-0.15, -0.1) is 0 Å². The van der Waals surface area contributed by atoms with Crippen molar-refractivity contribution in [3.05, 3.63) is 29.8 Å². The molecular formula is C19H24F3N3O4. The Morgan fingerprint density at radius 3 is 2.45 bits per heavy atom. The van der Waals surface area contributed by atoms with Crippen molar-refractivity contribution < 1.29 is 32.3 Å². The minimum atomic E-state index is -4.52. The number of benzene rings is 1. The molecule has 10 heteroatoms. The quantitative estimate of drug-likeness (QED) is 0.694. The molecule has 0 saturated carbocycles. The van der Waals surface area contributed by atoms with Crippen LogP contribution in [-0.4, -0.2) is 47.4 Å². The molecule has 0 unspecified atom stereocenters. The molecule has 1 aromatic carbocycles. The lowest BCUT2D eigenvalue weighted by Gasteiger charge is -2.30. The average Bonchev–Trinajstić information content (AvgIpc) is 3.01. The van der Waals surface area contributed by atoms with Gasteiger partial charge in [0.15, 0.2) is 0 Å². The van der Waals surface area contributed by atoms with Gasteiger partial charge in [0, 0.05) is 19.0 Å². The molecule has 0 radical (unpaired) electrons. The normalized spacial score (nSPS) is 20.4. The van der Waals surface area contributed by atoms with Crippen molar-refractivity contribution in [3.63, 3.8) is 0 Å². The van der Waals surface area contributed by atoms with E-state index >= 15 is 0 Å². The lowest BCUT2D eigenvalue weighted by atomic mass is 10.0. The summed E-state index contributed by atoms with van der Waals surface area (Å²) in [5.41, 5.74) is 4.68. The predicted molar refractivity (Wildman–Crippen MR) is 98.6 cm³/mol. The van der Waals surface area contributed by atoms with Crippen LogP contribution in [0.2, 0.25) is 0 Å². The fraction of sp³-hybridized carbons (Fsp3) is 0.526. The van der Waals surface area contributed by atoms with Crippen molar-refractivity contribution >= 4 is 23.5 Å². The Kier molecular flexibility index (Phi) is 6.76. The van der Waals surface area contributed by atoms with Crippen LogP contribution in [0.1, 0.15) is 32.8 Å². The Labute approximate surface area is 166 Å². The number of hydrogen-bond donors (Lipinski definition) is 2. The van der Waals surface area contributed by atoms with Gasteiger partial charge in [-0.05, 0) is 24.1 Å². The zero-order valence-electron chi connectivity index (χ0n) is 16.3. The Balaban J connectivity index is 2.24. The SMILES string of the molecule is CC(=O)O[C@@H]1C[C@@H](C(N)=O)N(C(=O)[C@@H](Nc2cccc(C(F)(F)F)c2)C(C)C)C1. The molecule has 1 fully saturated rings. The first-order chi connectivity index (χ1) is 13.4. The maximum Gasteiger partial charge on any atom is 0.416 e. The van der Waals surface area contributed by atoms with Crippen molar-refractivity contribution in [1.29, 1.82) is 0 Å². The molecule has 2 amide bonds. The summed E-state index contributed by atoms with van der Waals surface area (Å²) in [7, 11) is 0. The molecule has 0 aromatic heterocycles. The number of halogens is 3. The highest BCUT2D eigenvalue weighted by molar-refractivity contribution is 5.91. The van der Waals surface area contributed by atoms with E-state index < -0.39 is 47.7 Å². The van der Waals surface area contributed by atoms with E-state index in [1.807, 2.05) is 0 Å². The molecule has 1 saturated heterocycles. The topological polar surface area (TPSA) is 102 Å². The summed E-state index contributed by atoms with van der Waals surface area (Å²) < 4.78 is 44.0. The second-order valence-corrected chi connectivity index (χ2v) is 7.32. The number of carbonyl (C=O) groups is 3. The number of nitrogens with zero attached hydrogens (tertiary/aromatic N) is 1. The molecule has 1 aliphatic rings. The van der Waals surface area contributed by atoms with Crippen LogP contribution in [-0.2, 0) is 25.3 Å². The third kappa shape index (κ3) is 5.61. The van der Waals surface area contributed by atoms with Crippen LogP contribution in [0.15, 0.2) is 24.3 Å². The monoisotopic (exact) mass is 415 g/mol. The number of primary amides is 1. The minimum absolute atomic E-state index is 0.0144. The van der Waals surface area contributed by atoms with Gasteiger partial charge >= 0.3 is 12.1 Å². The largest absolute Gasteiger partial charge is 0.461 e. The van der Waals surface area contributed by atoms with Gasteiger partial charge in [-0.25, -0.2) is 0 Å². The first kappa shape index (κ1) is 22.5. The number of anilines is 1. The Hall–Kier alpha value is -2.78. The minimum Gasteiger partial charge on any atom is -0.461 e. The van der Waals surface area contributed by atoms with Gasteiger partial charge in [0.1, 0.15) is 18.2 Å². The summed E-state index contributed by atoms with van der Waals surface area (Å²) in [6.07, 6.45) is -5.11. The van der Waals surface area contributed by atoms with Crippen LogP contribution in [0.3, 0.4) is 0 Å². The number of amides is 2. The molecule has 0 spiro atoms. The number of ether oxygens (including phenoxy) is 1. The highest BCUT2D eigenvalue weighted by atomic mass is 19.4. The smallest absolute Gasteiger partial charge is 0.416 e. The van der Waals surface area contributed by atoms with E-state index in [9.17, 15) is 27.6 Å². The Morgan fingerprint density at radius 2 is 1.93 bits per heavy atom. The Morgan fingerprint density at radius 1 is 1.28 bits per heavy atom. The van der Waals surface area contributed by atoms with E-state index in [0.29, 0.717) is 0 Å². The standard InChI is InChI=1S/C19H24F3N3O4/c1-10(2)16(24-13-6-4-5-12(7-13)19(20,21)22)18(28)25-9-14(29-11(3)26)8-15(25)17(23)27/h4-7,10,14-16,24H,8-9H2,1-3H3,(H2,23,27)/t14-,15+,16+/m1/s1. The van der Waals surface area contributed by atoms with Crippen molar-refractivity contribution in [2.75, 3.05) is 11.9 Å². The van der Waals surface area contributed by atoms with Crippen molar-refractivity contribution in [1.82, 2.24) is 4.90 Å². The molecule has 29 heavy (non-hydrogen) atoms. The number of likely N-dealkylation sites (tertiary alicyclic amines) is 1. The molecule has 1 heterocycles. The summed E-state index contributed by atoms with van der Waals surface area (Å²) in [5.74, 6) is -2.10. The molecular weight excluding hydrogens is 391 g/mol. The van der Waals surface area contributed by atoms with E-state index in [2.05, 4.69) is 5.32 Å². The van der Waals surface area contributed by atoms with Crippen LogP contribution in [0.4, 0.5) is 18.9 Å². The van der Waals surface area contributed by atoms with Gasteiger partial charge in [0.05, 0.1) is 12.1 Å². The van der Waals surface area contributed by atoms with Crippen LogP contribution < -0.4 is 11.1 Å². The molecule has 7 nitrogen and oxygen atoms in total. The van der Waals surface area contributed by atoms with Crippen molar-refractivity contribution in [2.45, 2.75) is 51.6 Å². The third-order valence-corrected chi connectivity index (χ3v) is 4.65. The fourth-order valence-corrected chi connectivity index (χ4v) is 3.29. The Bertz CT molecular complexity index is 782. The van der Waals surface area contributed by atoms with Crippen molar-refractivity contribution in [2.24, 2.45) is 11.7 Å². The second kappa shape index (κ2) is 8.71. The van der Waals surface area contributed by atoms with Gasteiger partial charge in [-0.3, -0.25) is 14.4 Å². The van der Waals surface area contributed by atoms with Gasteiger partial charge in [-0.2, -0.15) is 13.2 Å². The molecule has 0 bridgehead atoms. The van der Waals surface area contributed by atoms with Crippen LogP contribution in [0.5, 0.6) is 0 Å². The third-order valence-electron chi connectivity index (χ3n) is 4.65. The van der Waals surface area contributed by atoms with Gasteiger partial charge in [0.2, 0.25) is 11.8 Å². The number of nitrogens with two attached hydrogens (primary N) is 1. The zero-order chi connectivity index (χ0) is 21.9. The molecule has 1 aliphatic heterocycles. The molecule has 3 atom stereocenters. The average molecular weight is 415 g/mol. The van der Waals surface area contributed by atoms with E-state index in [1.54, 1.807) is 13.8 Å². The number of rotatable bonds is 6. The zero-order valence-corrected chi connectivity index (χ0v) is 16.3. The van der Waals surface area contributed by atoms with Crippen LogP contribution >= 0.6 is 0 Å². The maximum atomic E-state index is 13.1. The van der Waals surface area contributed by atoms with Crippen molar-refractivity contribution in [3.8, 4) is 0 Å². The maximum absolute atomic E-state index is 13.1. The molecule has 2 rings (SSSR count). The van der Waals surface area contributed by atoms with Gasteiger partial charge < -0.3 is 20.7 Å².